The molecule has 0 saturated carbocycles. The molecule has 2 atom stereocenters. The minimum absolute atomic E-state index is 0.184. The number of hydrogen-bond acceptors (Lipinski definition) is 7. The minimum Gasteiger partial charge on any atom is -0.394 e. The summed E-state index contributed by atoms with van der Waals surface area (Å²) in [6.07, 6.45) is 3.25. The van der Waals surface area contributed by atoms with Crippen LogP contribution in [0.5, 0.6) is 0 Å². The van der Waals surface area contributed by atoms with Gasteiger partial charge in [-0.3, -0.25) is 9.78 Å². The van der Waals surface area contributed by atoms with Gasteiger partial charge >= 0.3 is 0 Å². The number of morpholine rings is 1. The van der Waals surface area contributed by atoms with Crippen LogP contribution in [0.15, 0.2) is 36.5 Å². The fourth-order valence-corrected chi connectivity index (χ4v) is 4.92. The Hall–Kier alpha value is -3.37. The van der Waals surface area contributed by atoms with E-state index in [0.717, 1.165) is 30.3 Å². The molecule has 3 aromatic rings. The van der Waals surface area contributed by atoms with Crippen LogP contribution in [0.1, 0.15) is 41.7 Å². The third kappa shape index (κ3) is 4.96. The Balaban J connectivity index is 1.61. The number of nitrogens with one attached hydrogen (secondary N) is 1. The Morgan fingerprint density at radius 2 is 1.92 bits per heavy atom. The lowest BCUT2D eigenvalue weighted by atomic mass is 9.98. The standard InChI is InChI=1S/C26H29F2N5O3/c1-16(15-34)30-26(35)17-9-21(23-3-2-4-33(23)20-12-18(27)11-19(28)13-20)25-22(10-17)29-14-24(31-25)32-5-7-36-8-6-32/h9-14,16,23,34H,2-8,15H2,1H3,(H,30,35)/t16-,23?/m1/s1. The molecular weight excluding hydrogens is 468 g/mol. The quantitative estimate of drug-likeness (QED) is 0.541. The number of aliphatic hydroxyl groups excluding tert-OH is 1. The summed E-state index contributed by atoms with van der Waals surface area (Å²) >= 11 is 0. The molecule has 0 spiro atoms. The van der Waals surface area contributed by atoms with Gasteiger partial charge in [-0.2, -0.15) is 0 Å². The zero-order valence-corrected chi connectivity index (χ0v) is 20.1. The van der Waals surface area contributed by atoms with Crippen molar-refractivity contribution in [3.8, 4) is 0 Å². The Bertz CT molecular complexity index is 1250. The van der Waals surface area contributed by atoms with E-state index in [9.17, 15) is 18.7 Å². The third-order valence-electron chi connectivity index (χ3n) is 6.70. The number of hydrogen-bond donors (Lipinski definition) is 2. The lowest BCUT2D eigenvalue weighted by Gasteiger charge is -2.30. The Morgan fingerprint density at radius 3 is 2.64 bits per heavy atom. The van der Waals surface area contributed by atoms with Crippen molar-refractivity contribution in [2.24, 2.45) is 0 Å². The van der Waals surface area contributed by atoms with Gasteiger partial charge in [0.1, 0.15) is 17.5 Å². The maximum absolute atomic E-state index is 14.1. The summed E-state index contributed by atoms with van der Waals surface area (Å²) in [7, 11) is 0. The first kappa shape index (κ1) is 24.3. The van der Waals surface area contributed by atoms with Crippen molar-refractivity contribution in [3.05, 3.63) is 59.3 Å². The molecule has 190 valence electrons. The van der Waals surface area contributed by atoms with E-state index in [-0.39, 0.29) is 18.6 Å². The number of rotatable bonds is 6. The van der Waals surface area contributed by atoms with Gasteiger partial charge in [0, 0.05) is 48.6 Å². The van der Waals surface area contributed by atoms with Gasteiger partial charge in [-0.15, -0.1) is 0 Å². The number of aliphatic hydroxyl groups is 1. The zero-order valence-electron chi connectivity index (χ0n) is 20.1. The van der Waals surface area contributed by atoms with Crippen LogP contribution in [0.4, 0.5) is 20.3 Å². The average Bonchev–Trinajstić information content (AvgIpc) is 3.37. The van der Waals surface area contributed by atoms with Crippen LogP contribution < -0.4 is 15.1 Å². The molecule has 2 aliphatic heterocycles. The molecule has 2 aromatic carbocycles. The molecule has 2 fully saturated rings. The van der Waals surface area contributed by atoms with Crippen molar-refractivity contribution in [2.45, 2.75) is 31.8 Å². The number of ether oxygens (including phenoxy) is 1. The SMILES string of the molecule is C[C@H](CO)NC(=O)c1cc(C2CCCN2c2cc(F)cc(F)c2)c2nc(N3CCOCC3)cnc2c1. The number of anilines is 2. The van der Waals surface area contributed by atoms with Gasteiger partial charge in [0.25, 0.3) is 5.91 Å². The number of carbonyl (C=O) groups excluding carboxylic acids is 1. The highest BCUT2D eigenvalue weighted by molar-refractivity contribution is 5.98. The van der Waals surface area contributed by atoms with Crippen LogP contribution in [0.25, 0.3) is 11.0 Å². The molecule has 3 heterocycles. The van der Waals surface area contributed by atoms with Crippen LogP contribution in [-0.4, -0.2) is 66.5 Å². The predicted octanol–water partition coefficient (Wildman–Crippen LogP) is 3.20. The maximum Gasteiger partial charge on any atom is 0.251 e. The fourth-order valence-electron chi connectivity index (χ4n) is 4.92. The van der Waals surface area contributed by atoms with E-state index in [1.165, 1.54) is 12.1 Å². The summed E-state index contributed by atoms with van der Waals surface area (Å²) in [6.45, 7) is 4.76. The Kier molecular flexibility index (Phi) is 6.97. The summed E-state index contributed by atoms with van der Waals surface area (Å²) in [6, 6.07) is 6.34. The van der Waals surface area contributed by atoms with Gasteiger partial charge in [0.2, 0.25) is 0 Å². The lowest BCUT2D eigenvalue weighted by Crippen LogP contribution is -2.37. The molecule has 0 radical (unpaired) electrons. The first-order chi connectivity index (χ1) is 17.4. The predicted molar refractivity (Wildman–Crippen MR) is 132 cm³/mol. The molecule has 5 rings (SSSR count). The Labute approximate surface area is 207 Å². The summed E-state index contributed by atoms with van der Waals surface area (Å²) in [4.78, 5) is 26.6. The summed E-state index contributed by atoms with van der Waals surface area (Å²) in [5.74, 6) is -0.887. The van der Waals surface area contributed by atoms with Crippen molar-refractivity contribution in [3.63, 3.8) is 0 Å². The Morgan fingerprint density at radius 1 is 1.17 bits per heavy atom. The molecule has 1 aromatic heterocycles. The van der Waals surface area contributed by atoms with Crippen LogP contribution in [0.3, 0.4) is 0 Å². The normalized spacial score (nSPS) is 19.1. The van der Waals surface area contributed by atoms with E-state index < -0.39 is 17.7 Å². The highest BCUT2D eigenvalue weighted by atomic mass is 19.1. The molecule has 0 aliphatic carbocycles. The van der Waals surface area contributed by atoms with Crippen molar-refractivity contribution in [2.75, 3.05) is 49.3 Å². The van der Waals surface area contributed by atoms with E-state index >= 15 is 0 Å². The van der Waals surface area contributed by atoms with Crippen LogP contribution in [-0.2, 0) is 4.74 Å². The van der Waals surface area contributed by atoms with Crippen molar-refractivity contribution < 1.29 is 23.4 Å². The molecule has 1 unspecified atom stereocenters. The number of halogens is 2. The second-order valence-electron chi connectivity index (χ2n) is 9.30. The van der Waals surface area contributed by atoms with Crippen LogP contribution in [0, 0.1) is 11.6 Å². The first-order valence-corrected chi connectivity index (χ1v) is 12.2. The first-order valence-electron chi connectivity index (χ1n) is 12.2. The van der Waals surface area contributed by atoms with E-state index in [0.29, 0.717) is 55.1 Å². The van der Waals surface area contributed by atoms with E-state index in [1.54, 1.807) is 25.3 Å². The molecular formula is C26H29F2N5O3. The van der Waals surface area contributed by atoms with Gasteiger partial charge in [-0.1, -0.05) is 0 Å². The largest absolute Gasteiger partial charge is 0.394 e. The topological polar surface area (TPSA) is 90.8 Å². The van der Waals surface area contributed by atoms with E-state index in [2.05, 4.69) is 15.2 Å². The average molecular weight is 498 g/mol. The molecule has 2 aliphatic rings. The van der Waals surface area contributed by atoms with Crippen LogP contribution >= 0.6 is 0 Å². The number of nitrogens with zero attached hydrogens (tertiary/aromatic N) is 4. The molecule has 2 saturated heterocycles. The molecule has 2 N–H and O–H groups in total. The van der Waals surface area contributed by atoms with Gasteiger partial charge in [0.15, 0.2) is 0 Å². The summed E-state index contributed by atoms with van der Waals surface area (Å²) < 4.78 is 33.6. The number of benzene rings is 2. The highest BCUT2D eigenvalue weighted by Crippen LogP contribution is 2.39. The van der Waals surface area contributed by atoms with Gasteiger partial charge in [-0.05, 0) is 44.0 Å². The molecule has 0 bridgehead atoms. The van der Waals surface area contributed by atoms with Crippen molar-refractivity contribution in [1.82, 2.24) is 15.3 Å². The lowest BCUT2D eigenvalue weighted by molar-refractivity contribution is 0.0922. The second kappa shape index (κ2) is 10.3. The van der Waals surface area contributed by atoms with Gasteiger partial charge < -0.3 is 25.0 Å². The van der Waals surface area contributed by atoms with Crippen LogP contribution in [0.2, 0.25) is 0 Å². The molecule has 1 amide bonds. The van der Waals surface area contributed by atoms with Crippen molar-refractivity contribution in [1.29, 1.82) is 0 Å². The number of aromatic nitrogens is 2. The summed E-state index contributed by atoms with van der Waals surface area (Å²) in [5.41, 5.74) is 2.83. The molecule has 10 heteroatoms. The smallest absolute Gasteiger partial charge is 0.251 e. The third-order valence-corrected chi connectivity index (χ3v) is 6.70. The highest BCUT2D eigenvalue weighted by Gasteiger charge is 2.30. The zero-order chi connectivity index (χ0) is 25.2. The fraction of sp³-hybridized carbons (Fsp3) is 0.423. The monoisotopic (exact) mass is 497 g/mol. The molecule has 36 heavy (non-hydrogen) atoms. The number of amides is 1. The van der Waals surface area contributed by atoms with Crippen molar-refractivity contribution >= 4 is 28.4 Å². The second-order valence-corrected chi connectivity index (χ2v) is 9.30. The minimum atomic E-state index is -0.638. The van der Waals surface area contributed by atoms with Gasteiger partial charge in [-0.25, -0.2) is 13.8 Å². The number of carbonyl (C=O) groups is 1. The summed E-state index contributed by atoms with van der Waals surface area (Å²) in [5, 5.41) is 12.1. The van der Waals surface area contributed by atoms with E-state index in [4.69, 9.17) is 9.72 Å². The van der Waals surface area contributed by atoms with E-state index in [1.807, 2.05) is 4.90 Å². The number of fused-ring (bicyclic) bond motifs is 1. The maximum atomic E-state index is 14.1. The molecule has 8 nitrogen and oxygen atoms in total. The van der Waals surface area contributed by atoms with Gasteiger partial charge in [0.05, 0.1) is 43.1 Å².